The number of rotatable bonds is 5. The first-order valence-electron chi connectivity index (χ1n) is 10.1. The average molecular weight is 454 g/mol. The summed E-state index contributed by atoms with van der Waals surface area (Å²) in [6.45, 7) is 9.74. The maximum absolute atomic E-state index is 12.6. The van der Waals surface area contributed by atoms with E-state index < -0.39 is 16.1 Å². The number of amides is 2. The first kappa shape index (κ1) is 23.2. The van der Waals surface area contributed by atoms with Crippen molar-refractivity contribution in [1.29, 1.82) is 0 Å². The number of anilines is 3. The Morgan fingerprint density at radius 1 is 0.875 bits per heavy atom. The molecule has 3 aromatic rings. The standard InChI is InChI=1S/C23H27N5O3S/c1-15-14-16(2)25-21(24-15)28-32(30,31)18-12-10-17(11-13-18)26-22(29)27-20-9-7-6-8-19(20)23(3,4)5/h6-14H,1-5H3,(H,24,25,28)(H2,26,27,29). The zero-order valence-corrected chi connectivity index (χ0v) is 19.5. The van der Waals surface area contributed by atoms with Gasteiger partial charge in [0.15, 0.2) is 0 Å². The highest BCUT2D eigenvalue weighted by Gasteiger charge is 2.19. The zero-order chi connectivity index (χ0) is 23.5. The Morgan fingerprint density at radius 3 is 2.06 bits per heavy atom. The van der Waals surface area contributed by atoms with Crippen molar-refractivity contribution in [3.8, 4) is 0 Å². The fourth-order valence-electron chi connectivity index (χ4n) is 3.20. The molecule has 2 aromatic carbocycles. The second-order valence-electron chi connectivity index (χ2n) is 8.48. The molecule has 0 aliphatic rings. The fourth-order valence-corrected chi connectivity index (χ4v) is 4.14. The van der Waals surface area contributed by atoms with E-state index in [4.69, 9.17) is 0 Å². The molecular weight excluding hydrogens is 426 g/mol. The van der Waals surface area contributed by atoms with Gasteiger partial charge in [-0.15, -0.1) is 0 Å². The van der Waals surface area contributed by atoms with Crippen LogP contribution in [0.2, 0.25) is 0 Å². The van der Waals surface area contributed by atoms with E-state index in [-0.39, 0.29) is 16.3 Å². The molecule has 0 saturated carbocycles. The minimum Gasteiger partial charge on any atom is -0.308 e. The van der Waals surface area contributed by atoms with Gasteiger partial charge in [0, 0.05) is 22.8 Å². The van der Waals surface area contributed by atoms with Crippen LogP contribution in [0.25, 0.3) is 0 Å². The third-order valence-electron chi connectivity index (χ3n) is 4.61. The number of urea groups is 1. The van der Waals surface area contributed by atoms with E-state index in [1.54, 1.807) is 19.9 Å². The van der Waals surface area contributed by atoms with Gasteiger partial charge in [0.2, 0.25) is 5.95 Å². The summed E-state index contributed by atoms with van der Waals surface area (Å²) >= 11 is 0. The highest BCUT2D eigenvalue weighted by atomic mass is 32.2. The van der Waals surface area contributed by atoms with Crippen LogP contribution in [0.15, 0.2) is 59.5 Å². The topological polar surface area (TPSA) is 113 Å². The normalized spacial score (nSPS) is 11.7. The van der Waals surface area contributed by atoms with E-state index in [1.807, 2.05) is 24.3 Å². The zero-order valence-electron chi connectivity index (χ0n) is 18.7. The largest absolute Gasteiger partial charge is 0.323 e. The number of carbonyl (C=O) groups excluding carboxylic acids is 1. The van der Waals surface area contributed by atoms with Crippen LogP contribution in [0.5, 0.6) is 0 Å². The van der Waals surface area contributed by atoms with E-state index in [2.05, 4.69) is 46.1 Å². The van der Waals surface area contributed by atoms with Crippen molar-refractivity contribution < 1.29 is 13.2 Å². The highest BCUT2D eigenvalue weighted by Crippen LogP contribution is 2.29. The summed E-state index contributed by atoms with van der Waals surface area (Å²) in [7, 11) is -3.87. The van der Waals surface area contributed by atoms with Crippen LogP contribution in [0.3, 0.4) is 0 Å². The summed E-state index contributed by atoms with van der Waals surface area (Å²) in [5.41, 5.74) is 3.37. The molecule has 3 N–H and O–H groups in total. The lowest BCUT2D eigenvalue weighted by Gasteiger charge is -2.23. The van der Waals surface area contributed by atoms with Crippen LogP contribution in [0.1, 0.15) is 37.7 Å². The predicted octanol–water partition coefficient (Wildman–Crippen LogP) is 4.84. The molecule has 1 aromatic heterocycles. The third-order valence-corrected chi connectivity index (χ3v) is 5.96. The summed E-state index contributed by atoms with van der Waals surface area (Å²) in [5, 5.41) is 5.58. The Morgan fingerprint density at radius 2 is 1.47 bits per heavy atom. The molecule has 0 radical (unpaired) electrons. The first-order valence-corrected chi connectivity index (χ1v) is 11.5. The third kappa shape index (κ3) is 5.82. The van der Waals surface area contributed by atoms with Gasteiger partial charge in [-0.05, 0) is 61.2 Å². The molecule has 32 heavy (non-hydrogen) atoms. The molecule has 9 heteroatoms. The molecule has 2 amide bonds. The van der Waals surface area contributed by atoms with Crippen LogP contribution in [0.4, 0.5) is 22.1 Å². The van der Waals surface area contributed by atoms with Gasteiger partial charge in [-0.2, -0.15) is 0 Å². The Hall–Kier alpha value is -3.46. The second-order valence-corrected chi connectivity index (χ2v) is 10.2. The van der Waals surface area contributed by atoms with E-state index in [0.29, 0.717) is 22.8 Å². The van der Waals surface area contributed by atoms with E-state index in [1.165, 1.54) is 24.3 Å². The Bertz CT molecular complexity index is 1210. The van der Waals surface area contributed by atoms with Crippen molar-refractivity contribution in [3.05, 3.63) is 71.5 Å². The lowest BCUT2D eigenvalue weighted by molar-refractivity contribution is 0.262. The Kier molecular flexibility index (Phi) is 6.50. The van der Waals surface area contributed by atoms with Gasteiger partial charge in [0.25, 0.3) is 10.0 Å². The number of sulfonamides is 1. The number of hydrogen-bond acceptors (Lipinski definition) is 5. The number of para-hydroxylation sites is 1. The molecule has 8 nitrogen and oxygen atoms in total. The summed E-state index contributed by atoms with van der Waals surface area (Å²) in [6, 6.07) is 14.8. The smallest absolute Gasteiger partial charge is 0.308 e. The Labute approximate surface area is 188 Å². The van der Waals surface area contributed by atoms with E-state index in [0.717, 1.165) is 5.56 Å². The monoisotopic (exact) mass is 453 g/mol. The molecule has 3 rings (SSSR count). The van der Waals surface area contributed by atoms with Crippen molar-refractivity contribution in [2.24, 2.45) is 0 Å². The maximum atomic E-state index is 12.6. The summed E-state index contributed by atoms with van der Waals surface area (Å²) in [5.74, 6) is 0.0154. The lowest BCUT2D eigenvalue weighted by Crippen LogP contribution is -2.23. The fraction of sp³-hybridized carbons (Fsp3) is 0.261. The molecule has 0 fully saturated rings. The van der Waals surface area contributed by atoms with Gasteiger partial charge >= 0.3 is 6.03 Å². The number of nitrogens with one attached hydrogen (secondary N) is 3. The molecular formula is C23H27N5O3S. The number of aromatic nitrogens is 2. The molecule has 0 bridgehead atoms. The highest BCUT2D eigenvalue weighted by molar-refractivity contribution is 7.92. The van der Waals surface area contributed by atoms with Crippen molar-refractivity contribution in [1.82, 2.24) is 9.97 Å². The predicted molar refractivity (Wildman–Crippen MR) is 127 cm³/mol. The number of nitrogens with zero attached hydrogens (tertiary/aromatic N) is 2. The van der Waals surface area contributed by atoms with Crippen molar-refractivity contribution in [3.63, 3.8) is 0 Å². The summed E-state index contributed by atoms with van der Waals surface area (Å²) in [6.07, 6.45) is 0. The maximum Gasteiger partial charge on any atom is 0.323 e. The molecule has 0 saturated heterocycles. The van der Waals surface area contributed by atoms with Gasteiger partial charge in [-0.3, -0.25) is 0 Å². The average Bonchev–Trinajstić information content (AvgIpc) is 2.66. The molecule has 0 atom stereocenters. The van der Waals surface area contributed by atoms with E-state index >= 15 is 0 Å². The van der Waals surface area contributed by atoms with Crippen molar-refractivity contribution in [2.75, 3.05) is 15.4 Å². The Balaban J connectivity index is 1.70. The first-order chi connectivity index (χ1) is 14.9. The number of benzene rings is 2. The molecule has 0 aliphatic heterocycles. The minimum atomic E-state index is -3.87. The molecule has 168 valence electrons. The number of hydrogen-bond donors (Lipinski definition) is 3. The van der Waals surface area contributed by atoms with Crippen LogP contribution < -0.4 is 15.4 Å². The van der Waals surface area contributed by atoms with Gasteiger partial charge in [-0.25, -0.2) is 27.9 Å². The molecule has 1 heterocycles. The summed E-state index contributed by atoms with van der Waals surface area (Å²) in [4.78, 5) is 20.7. The van der Waals surface area contributed by atoms with Gasteiger partial charge in [0.1, 0.15) is 0 Å². The molecule has 0 aliphatic carbocycles. The van der Waals surface area contributed by atoms with Gasteiger partial charge in [-0.1, -0.05) is 39.0 Å². The van der Waals surface area contributed by atoms with Crippen molar-refractivity contribution >= 4 is 33.4 Å². The van der Waals surface area contributed by atoms with Crippen LogP contribution in [-0.4, -0.2) is 24.4 Å². The SMILES string of the molecule is Cc1cc(C)nc(NS(=O)(=O)c2ccc(NC(=O)Nc3ccccc3C(C)(C)C)cc2)n1. The van der Waals surface area contributed by atoms with Gasteiger partial charge in [0.05, 0.1) is 4.90 Å². The van der Waals surface area contributed by atoms with Gasteiger partial charge < -0.3 is 10.6 Å². The second kappa shape index (κ2) is 8.96. The lowest BCUT2D eigenvalue weighted by atomic mass is 9.86. The van der Waals surface area contributed by atoms with Crippen LogP contribution in [-0.2, 0) is 15.4 Å². The van der Waals surface area contributed by atoms with Crippen LogP contribution in [0, 0.1) is 13.8 Å². The molecule has 0 spiro atoms. The van der Waals surface area contributed by atoms with E-state index in [9.17, 15) is 13.2 Å². The van der Waals surface area contributed by atoms with Crippen LogP contribution >= 0.6 is 0 Å². The molecule has 0 unspecified atom stereocenters. The number of aryl methyl sites for hydroxylation is 2. The minimum absolute atomic E-state index is 0.0154. The quantitative estimate of drug-likeness (QED) is 0.512. The summed E-state index contributed by atoms with van der Waals surface area (Å²) < 4.78 is 27.7. The number of carbonyl (C=O) groups is 1. The van der Waals surface area contributed by atoms with Crippen molar-refractivity contribution in [2.45, 2.75) is 44.9 Å².